The average Bonchev–Trinajstić information content (AvgIpc) is 2.37. The number of hydrogen-bond donors (Lipinski definition) is 2. The monoisotopic (exact) mass is 254 g/mol. The molecule has 2 rings (SSSR count). The zero-order chi connectivity index (χ0) is 13.1. The molecule has 18 heavy (non-hydrogen) atoms. The number of fused-ring (bicyclic) bond motifs is 1. The van der Waals surface area contributed by atoms with Crippen molar-refractivity contribution >= 4 is 12.0 Å². The smallest absolute Gasteiger partial charge is 0.326 e. The van der Waals surface area contributed by atoms with Crippen molar-refractivity contribution in [2.45, 2.75) is 57.5 Å². The third-order valence-electron chi connectivity index (χ3n) is 4.22. The Morgan fingerprint density at radius 1 is 1.22 bits per heavy atom. The number of piperidine rings is 1. The Morgan fingerprint density at radius 2 is 1.94 bits per heavy atom. The van der Waals surface area contributed by atoms with Crippen molar-refractivity contribution < 1.29 is 14.7 Å². The van der Waals surface area contributed by atoms with E-state index in [4.69, 9.17) is 0 Å². The summed E-state index contributed by atoms with van der Waals surface area (Å²) in [7, 11) is 0. The van der Waals surface area contributed by atoms with Gasteiger partial charge in [0.15, 0.2) is 0 Å². The molecule has 1 aliphatic heterocycles. The van der Waals surface area contributed by atoms with Gasteiger partial charge in [0.25, 0.3) is 0 Å². The molecule has 5 heteroatoms. The minimum absolute atomic E-state index is 0.125. The molecular formula is C13H22N2O3. The summed E-state index contributed by atoms with van der Waals surface area (Å²) in [4.78, 5) is 25.1. The molecule has 5 nitrogen and oxygen atoms in total. The Bertz CT molecular complexity index is 332. The second-order valence-electron chi connectivity index (χ2n) is 5.29. The van der Waals surface area contributed by atoms with E-state index in [1.807, 2.05) is 6.92 Å². The van der Waals surface area contributed by atoms with Gasteiger partial charge in [-0.1, -0.05) is 12.8 Å². The highest BCUT2D eigenvalue weighted by Gasteiger charge is 2.43. The van der Waals surface area contributed by atoms with Gasteiger partial charge in [-0.3, -0.25) is 0 Å². The van der Waals surface area contributed by atoms with Crippen LogP contribution in [0, 0.1) is 5.92 Å². The molecule has 0 aromatic heterocycles. The highest BCUT2D eigenvalue weighted by molar-refractivity contribution is 5.83. The average molecular weight is 254 g/mol. The second kappa shape index (κ2) is 5.59. The lowest BCUT2D eigenvalue weighted by Gasteiger charge is -2.46. The van der Waals surface area contributed by atoms with Gasteiger partial charge in [0.1, 0.15) is 6.04 Å². The van der Waals surface area contributed by atoms with Gasteiger partial charge < -0.3 is 15.3 Å². The molecule has 1 aliphatic carbocycles. The summed E-state index contributed by atoms with van der Waals surface area (Å²) in [6.45, 7) is 2.40. The van der Waals surface area contributed by atoms with Crippen molar-refractivity contribution in [2.75, 3.05) is 6.54 Å². The predicted octanol–water partition coefficient (Wildman–Crippen LogP) is 1.82. The molecule has 2 fully saturated rings. The number of urea groups is 1. The van der Waals surface area contributed by atoms with E-state index < -0.39 is 12.0 Å². The van der Waals surface area contributed by atoms with Gasteiger partial charge in [0.2, 0.25) is 0 Å². The van der Waals surface area contributed by atoms with E-state index in [1.54, 1.807) is 4.90 Å². The molecular weight excluding hydrogens is 232 g/mol. The zero-order valence-corrected chi connectivity index (χ0v) is 10.9. The van der Waals surface area contributed by atoms with E-state index in [-0.39, 0.29) is 12.1 Å². The van der Waals surface area contributed by atoms with Gasteiger partial charge in [-0.15, -0.1) is 0 Å². The van der Waals surface area contributed by atoms with Crippen molar-refractivity contribution in [3.8, 4) is 0 Å². The molecule has 1 saturated carbocycles. The van der Waals surface area contributed by atoms with E-state index >= 15 is 0 Å². The van der Waals surface area contributed by atoms with Gasteiger partial charge >= 0.3 is 12.0 Å². The molecule has 102 valence electrons. The normalized spacial score (nSPS) is 31.6. The molecule has 0 spiro atoms. The number of amides is 2. The van der Waals surface area contributed by atoms with Gasteiger partial charge in [0.05, 0.1) is 0 Å². The van der Waals surface area contributed by atoms with Gasteiger partial charge in [0, 0.05) is 12.6 Å². The number of aliphatic carboxylic acids is 1. The number of carbonyl (C=O) groups is 2. The van der Waals surface area contributed by atoms with Gasteiger partial charge in [-0.05, 0) is 38.5 Å². The Hall–Kier alpha value is -1.26. The lowest BCUT2D eigenvalue weighted by Crippen LogP contribution is -2.59. The Balaban J connectivity index is 2.18. The number of nitrogens with one attached hydrogen (secondary N) is 1. The summed E-state index contributed by atoms with van der Waals surface area (Å²) in [6.07, 6.45) is 5.93. The highest BCUT2D eigenvalue weighted by Crippen LogP contribution is 2.37. The van der Waals surface area contributed by atoms with Crippen LogP contribution in [0.1, 0.15) is 45.4 Å². The summed E-state index contributed by atoms with van der Waals surface area (Å²) in [6, 6.07) is -0.724. The van der Waals surface area contributed by atoms with Crippen molar-refractivity contribution in [1.29, 1.82) is 0 Å². The minimum Gasteiger partial charge on any atom is -0.480 e. The molecule has 0 aromatic carbocycles. The molecule has 0 bridgehead atoms. The molecule has 0 radical (unpaired) electrons. The molecule has 3 unspecified atom stereocenters. The summed E-state index contributed by atoms with van der Waals surface area (Å²) in [5.74, 6) is -0.373. The van der Waals surface area contributed by atoms with Crippen LogP contribution in [0.5, 0.6) is 0 Å². The SMILES string of the molecule is CCNC(=O)N1C(C(=O)O)CCC2CCCCC21. The van der Waals surface area contributed by atoms with Crippen LogP contribution >= 0.6 is 0 Å². The lowest BCUT2D eigenvalue weighted by molar-refractivity contribution is -0.145. The molecule has 2 amide bonds. The predicted molar refractivity (Wildman–Crippen MR) is 67.3 cm³/mol. The van der Waals surface area contributed by atoms with Crippen LogP contribution in [0.2, 0.25) is 0 Å². The first-order valence-corrected chi connectivity index (χ1v) is 6.94. The maximum atomic E-state index is 12.1. The first kappa shape index (κ1) is 13.2. The summed E-state index contributed by atoms with van der Waals surface area (Å²) in [5, 5.41) is 12.1. The number of carboxylic acid groups (broad SMARTS) is 1. The molecule has 3 atom stereocenters. The van der Waals surface area contributed by atoms with E-state index in [9.17, 15) is 14.7 Å². The molecule has 0 aromatic rings. The molecule has 1 heterocycles. The van der Waals surface area contributed by atoms with Crippen LogP contribution in [0.4, 0.5) is 4.79 Å². The van der Waals surface area contributed by atoms with Crippen LogP contribution in [0.3, 0.4) is 0 Å². The number of carboxylic acids is 1. The van der Waals surface area contributed by atoms with E-state index in [2.05, 4.69) is 5.32 Å². The van der Waals surface area contributed by atoms with Crippen LogP contribution in [-0.4, -0.2) is 40.6 Å². The van der Waals surface area contributed by atoms with Gasteiger partial charge in [-0.25, -0.2) is 9.59 Å². The fourth-order valence-electron chi connectivity index (χ4n) is 3.41. The largest absolute Gasteiger partial charge is 0.480 e. The molecule has 1 saturated heterocycles. The number of carbonyl (C=O) groups excluding carboxylic acids is 1. The standard InChI is InChI=1S/C13H22N2O3/c1-2-14-13(18)15-10-6-4-3-5-9(10)7-8-11(15)12(16)17/h9-11H,2-8H2,1H3,(H,14,18)(H,16,17). The van der Waals surface area contributed by atoms with Crippen LogP contribution < -0.4 is 5.32 Å². The third-order valence-corrected chi connectivity index (χ3v) is 4.22. The summed E-state index contributed by atoms with van der Waals surface area (Å²) in [5.41, 5.74) is 0. The lowest BCUT2D eigenvalue weighted by atomic mass is 9.76. The van der Waals surface area contributed by atoms with Crippen LogP contribution in [-0.2, 0) is 4.79 Å². The number of rotatable bonds is 2. The molecule has 2 aliphatic rings. The fourth-order valence-corrected chi connectivity index (χ4v) is 3.41. The van der Waals surface area contributed by atoms with Crippen LogP contribution in [0.15, 0.2) is 0 Å². The maximum Gasteiger partial charge on any atom is 0.326 e. The van der Waals surface area contributed by atoms with E-state index in [1.165, 1.54) is 6.42 Å². The van der Waals surface area contributed by atoms with Gasteiger partial charge in [-0.2, -0.15) is 0 Å². The Morgan fingerprint density at radius 3 is 2.61 bits per heavy atom. The third kappa shape index (κ3) is 2.44. The number of likely N-dealkylation sites (tertiary alicyclic amines) is 1. The Kier molecular flexibility index (Phi) is 4.09. The maximum absolute atomic E-state index is 12.1. The second-order valence-corrected chi connectivity index (χ2v) is 5.29. The first-order valence-electron chi connectivity index (χ1n) is 6.94. The minimum atomic E-state index is -0.870. The Labute approximate surface area is 108 Å². The zero-order valence-electron chi connectivity index (χ0n) is 10.9. The highest BCUT2D eigenvalue weighted by atomic mass is 16.4. The number of nitrogens with zero attached hydrogens (tertiary/aromatic N) is 1. The van der Waals surface area contributed by atoms with Crippen molar-refractivity contribution in [2.24, 2.45) is 5.92 Å². The first-order chi connectivity index (χ1) is 8.65. The van der Waals surface area contributed by atoms with E-state index in [0.29, 0.717) is 18.9 Å². The quantitative estimate of drug-likeness (QED) is 0.789. The molecule has 2 N–H and O–H groups in total. The summed E-state index contributed by atoms with van der Waals surface area (Å²) < 4.78 is 0. The van der Waals surface area contributed by atoms with Crippen molar-refractivity contribution in [3.63, 3.8) is 0 Å². The topological polar surface area (TPSA) is 69.6 Å². The van der Waals surface area contributed by atoms with E-state index in [0.717, 1.165) is 25.7 Å². The number of hydrogen-bond acceptors (Lipinski definition) is 2. The van der Waals surface area contributed by atoms with Crippen LogP contribution in [0.25, 0.3) is 0 Å². The van der Waals surface area contributed by atoms with Crippen molar-refractivity contribution in [3.05, 3.63) is 0 Å². The fraction of sp³-hybridized carbons (Fsp3) is 0.846. The summed E-state index contributed by atoms with van der Waals surface area (Å²) >= 11 is 0. The van der Waals surface area contributed by atoms with Crippen molar-refractivity contribution in [1.82, 2.24) is 10.2 Å².